The van der Waals surface area contributed by atoms with E-state index in [-0.39, 0.29) is 11.3 Å². The van der Waals surface area contributed by atoms with Crippen molar-refractivity contribution in [3.05, 3.63) is 54.1 Å². The van der Waals surface area contributed by atoms with Gasteiger partial charge in [0, 0.05) is 49.4 Å². The standard InChI is InChI=1S/C27H30ClN5O/c28-24-17-29-16-23(25(24)32-13-10-27(11-14-32)9-12-30-26(27)34)20-7-5-19(6-8-20)21-15-31-33(18-21)22-3-1-2-4-22/h5-8,15-18,22H,1-4,9-14H2,(H,30,34). The first-order valence-electron chi connectivity index (χ1n) is 12.4. The van der Waals surface area contributed by atoms with E-state index >= 15 is 0 Å². The van der Waals surface area contributed by atoms with E-state index in [1.807, 2.05) is 12.4 Å². The number of halogens is 1. The zero-order valence-corrected chi connectivity index (χ0v) is 20.1. The molecule has 176 valence electrons. The number of amides is 1. The van der Waals surface area contributed by atoms with E-state index in [9.17, 15) is 4.79 Å². The van der Waals surface area contributed by atoms with Crippen molar-refractivity contribution in [2.24, 2.45) is 5.41 Å². The van der Waals surface area contributed by atoms with Crippen molar-refractivity contribution in [1.29, 1.82) is 0 Å². The van der Waals surface area contributed by atoms with E-state index in [2.05, 4.69) is 55.4 Å². The van der Waals surface area contributed by atoms with Gasteiger partial charge in [0.05, 0.1) is 28.4 Å². The van der Waals surface area contributed by atoms with Crippen LogP contribution < -0.4 is 10.2 Å². The van der Waals surface area contributed by atoms with Crippen LogP contribution in [0.4, 0.5) is 5.69 Å². The molecule has 3 aromatic rings. The molecule has 0 radical (unpaired) electrons. The molecule has 0 bridgehead atoms. The van der Waals surface area contributed by atoms with Gasteiger partial charge in [-0.25, -0.2) is 0 Å². The van der Waals surface area contributed by atoms with E-state index in [4.69, 9.17) is 11.6 Å². The van der Waals surface area contributed by atoms with Gasteiger partial charge in [-0.05, 0) is 43.2 Å². The molecule has 6 nitrogen and oxygen atoms in total. The lowest BCUT2D eigenvalue weighted by molar-refractivity contribution is -0.128. The van der Waals surface area contributed by atoms with Crippen LogP contribution in [0.3, 0.4) is 0 Å². The van der Waals surface area contributed by atoms with Crippen LogP contribution in [0.1, 0.15) is 51.0 Å². The van der Waals surface area contributed by atoms with Crippen LogP contribution in [0.2, 0.25) is 5.02 Å². The van der Waals surface area contributed by atoms with Gasteiger partial charge in [0.1, 0.15) is 0 Å². The lowest BCUT2D eigenvalue weighted by atomic mass is 9.77. The summed E-state index contributed by atoms with van der Waals surface area (Å²) in [5, 5.41) is 8.31. The molecular weight excluding hydrogens is 446 g/mol. The van der Waals surface area contributed by atoms with Crippen LogP contribution >= 0.6 is 11.6 Å². The fourth-order valence-corrected chi connectivity index (χ4v) is 6.29. The maximum Gasteiger partial charge on any atom is 0.226 e. The number of hydrogen-bond acceptors (Lipinski definition) is 4. The summed E-state index contributed by atoms with van der Waals surface area (Å²) in [6, 6.07) is 9.16. The molecule has 7 heteroatoms. The molecule has 1 amide bonds. The Balaban J connectivity index is 1.24. The largest absolute Gasteiger partial charge is 0.370 e. The number of hydrogen-bond donors (Lipinski definition) is 1. The first-order chi connectivity index (χ1) is 16.6. The van der Waals surface area contributed by atoms with E-state index in [1.165, 1.54) is 25.7 Å². The van der Waals surface area contributed by atoms with E-state index in [0.29, 0.717) is 11.1 Å². The highest BCUT2D eigenvalue weighted by atomic mass is 35.5. The van der Waals surface area contributed by atoms with Crippen molar-refractivity contribution < 1.29 is 4.79 Å². The number of benzene rings is 1. The third-order valence-corrected chi connectivity index (χ3v) is 8.39. The maximum atomic E-state index is 12.4. The Labute approximate surface area is 205 Å². The molecular formula is C27H30ClN5O. The summed E-state index contributed by atoms with van der Waals surface area (Å²) in [6.45, 7) is 2.44. The highest BCUT2D eigenvalue weighted by Crippen LogP contribution is 2.43. The third-order valence-electron chi connectivity index (χ3n) is 8.11. The number of nitrogens with zero attached hydrogens (tertiary/aromatic N) is 4. The highest BCUT2D eigenvalue weighted by molar-refractivity contribution is 6.33. The number of piperidine rings is 1. The summed E-state index contributed by atoms with van der Waals surface area (Å²) in [4.78, 5) is 19.1. The number of rotatable bonds is 4. The van der Waals surface area contributed by atoms with Crippen LogP contribution in [0.15, 0.2) is 49.1 Å². The highest BCUT2D eigenvalue weighted by Gasteiger charge is 2.44. The van der Waals surface area contributed by atoms with Gasteiger partial charge in [-0.1, -0.05) is 48.7 Å². The van der Waals surface area contributed by atoms with Gasteiger partial charge in [0.2, 0.25) is 5.91 Å². The summed E-state index contributed by atoms with van der Waals surface area (Å²) in [7, 11) is 0. The maximum absolute atomic E-state index is 12.4. The quantitative estimate of drug-likeness (QED) is 0.542. The van der Waals surface area contributed by atoms with Crippen molar-refractivity contribution in [3.8, 4) is 22.3 Å². The first-order valence-corrected chi connectivity index (χ1v) is 12.8. The number of aromatic nitrogens is 3. The minimum Gasteiger partial charge on any atom is -0.370 e. The van der Waals surface area contributed by atoms with Crippen molar-refractivity contribution in [3.63, 3.8) is 0 Å². The second-order valence-electron chi connectivity index (χ2n) is 10.0. The average molecular weight is 476 g/mol. The molecule has 2 saturated heterocycles. The minimum atomic E-state index is -0.194. The average Bonchev–Trinajstić information content (AvgIpc) is 3.62. The summed E-state index contributed by atoms with van der Waals surface area (Å²) in [6.07, 6.45) is 15.5. The summed E-state index contributed by atoms with van der Waals surface area (Å²) in [5.74, 6) is 0.222. The van der Waals surface area contributed by atoms with E-state index in [0.717, 1.165) is 66.8 Å². The monoisotopic (exact) mass is 475 g/mol. The van der Waals surface area contributed by atoms with Crippen LogP contribution in [-0.4, -0.2) is 40.3 Å². The van der Waals surface area contributed by atoms with Gasteiger partial charge >= 0.3 is 0 Å². The number of pyridine rings is 1. The Morgan fingerprint density at radius 1 is 0.941 bits per heavy atom. The van der Waals surface area contributed by atoms with Crippen LogP contribution in [0, 0.1) is 5.41 Å². The molecule has 3 fully saturated rings. The van der Waals surface area contributed by atoms with Crippen LogP contribution in [-0.2, 0) is 4.79 Å². The predicted molar refractivity (Wildman–Crippen MR) is 135 cm³/mol. The Bertz CT molecular complexity index is 1190. The molecule has 1 saturated carbocycles. The molecule has 4 heterocycles. The third kappa shape index (κ3) is 3.78. The van der Waals surface area contributed by atoms with Crippen molar-refractivity contribution in [1.82, 2.24) is 20.1 Å². The number of nitrogens with one attached hydrogen (secondary N) is 1. The Morgan fingerprint density at radius 2 is 1.68 bits per heavy atom. The first kappa shape index (κ1) is 21.7. The van der Waals surface area contributed by atoms with Gasteiger partial charge in [0.25, 0.3) is 0 Å². The zero-order valence-electron chi connectivity index (χ0n) is 19.3. The van der Waals surface area contributed by atoms with Crippen LogP contribution in [0.25, 0.3) is 22.3 Å². The Morgan fingerprint density at radius 3 is 2.38 bits per heavy atom. The molecule has 1 aromatic carbocycles. The zero-order chi connectivity index (χ0) is 23.1. The fourth-order valence-electron chi connectivity index (χ4n) is 6.01. The normalized spacial score (nSPS) is 20.3. The summed E-state index contributed by atoms with van der Waals surface area (Å²) in [5.41, 5.74) is 5.27. The summed E-state index contributed by atoms with van der Waals surface area (Å²) >= 11 is 6.69. The van der Waals surface area contributed by atoms with Crippen LogP contribution in [0.5, 0.6) is 0 Å². The fraction of sp³-hybridized carbons (Fsp3) is 0.444. The molecule has 0 unspecified atom stereocenters. The van der Waals surface area contributed by atoms with Gasteiger partial charge in [-0.2, -0.15) is 5.10 Å². The molecule has 1 aliphatic carbocycles. The molecule has 0 atom stereocenters. The summed E-state index contributed by atoms with van der Waals surface area (Å²) < 4.78 is 2.14. The topological polar surface area (TPSA) is 63.1 Å². The molecule has 1 N–H and O–H groups in total. The second-order valence-corrected chi connectivity index (χ2v) is 10.4. The molecule has 2 aromatic heterocycles. The number of carbonyl (C=O) groups excluding carboxylic acids is 1. The van der Waals surface area contributed by atoms with E-state index < -0.39 is 0 Å². The molecule has 34 heavy (non-hydrogen) atoms. The lowest BCUT2D eigenvalue weighted by Gasteiger charge is -2.39. The number of carbonyl (C=O) groups is 1. The minimum absolute atomic E-state index is 0.194. The SMILES string of the molecule is O=C1NCCC12CCN(c1c(Cl)cncc1-c1ccc(-c3cnn(C4CCCC4)c3)cc1)CC2. The Kier molecular flexibility index (Phi) is 5.56. The lowest BCUT2D eigenvalue weighted by Crippen LogP contribution is -2.44. The molecule has 1 spiro atoms. The van der Waals surface area contributed by atoms with Gasteiger partial charge in [-0.3, -0.25) is 14.5 Å². The van der Waals surface area contributed by atoms with Crippen molar-refractivity contribution in [2.75, 3.05) is 24.5 Å². The second kappa shape index (κ2) is 8.73. The smallest absolute Gasteiger partial charge is 0.226 e. The van der Waals surface area contributed by atoms with Gasteiger partial charge in [-0.15, -0.1) is 0 Å². The number of anilines is 1. The molecule has 3 aliphatic rings. The van der Waals surface area contributed by atoms with E-state index in [1.54, 1.807) is 6.20 Å². The molecule has 6 rings (SSSR count). The Hall–Kier alpha value is -2.86. The predicted octanol–water partition coefficient (Wildman–Crippen LogP) is 5.49. The molecule has 2 aliphatic heterocycles. The van der Waals surface area contributed by atoms with Gasteiger partial charge < -0.3 is 10.2 Å². The van der Waals surface area contributed by atoms with Crippen molar-refractivity contribution in [2.45, 2.75) is 51.0 Å². The van der Waals surface area contributed by atoms with Crippen molar-refractivity contribution >= 4 is 23.2 Å². The van der Waals surface area contributed by atoms with Gasteiger partial charge in [0.15, 0.2) is 0 Å².